The normalized spacial score (nSPS) is 11.0. The van der Waals surface area contributed by atoms with Crippen LogP contribution in [0.3, 0.4) is 0 Å². The Hall–Kier alpha value is -3.64. The van der Waals surface area contributed by atoms with Crippen molar-refractivity contribution in [2.45, 2.75) is 6.61 Å². The molecule has 0 saturated heterocycles. The fourth-order valence-electron chi connectivity index (χ4n) is 3.12. The number of carbonyl (C=O) groups excluding carboxylic acids is 1. The molecule has 31 heavy (non-hydrogen) atoms. The summed E-state index contributed by atoms with van der Waals surface area (Å²) in [5.74, 6) is 0.0422. The Balaban J connectivity index is 1.49. The average Bonchev–Trinajstić information content (AvgIpc) is 2.78. The minimum Gasteiger partial charge on any atom is -0.507 e. The van der Waals surface area contributed by atoms with Crippen molar-refractivity contribution in [2.24, 2.45) is 5.10 Å². The molecule has 0 aliphatic carbocycles. The maximum Gasteiger partial charge on any atom is 0.275 e. The number of rotatable bonds is 6. The zero-order valence-electron chi connectivity index (χ0n) is 16.5. The standard InChI is InChI=1S/C25H19BrN2O3/c26-21-10-11-24(31-16-17-6-2-1-3-7-17)20(12-21)15-27-28-25(30)22-13-18-8-4-5-9-19(18)14-23(22)29/h1-15,29H,16H2,(H,28,30)/b27-15+. The lowest BCUT2D eigenvalue weighted by Crippen LogP contribution is -2.17. The Kier molecular flexibility index (Phi) is 6.29. The molecule has 0 aliphatic heterocycles. The summed E-state index contributed by atoms with van der Waals surface area (Å²) >= 11 is 3.44. The van der Waals surface area contributed by atoms with Gasteiger partial charge in [0.1, 0.15) is 18.1 Å². The van der Waals surface area contributed by atoms with Gasteiger partial charge in [-0.05, 0) is 46.7 Å². The number of fused-ring (bicyclic) bond motifs is 1. The van der Waals surface area contributed by atoms with Crippen molar-refractivity contribution >= 4 is 38.8 Å². The summed E-state index contributed by atoms with van der Waals surface area (Å²) in [7, 11) is 0. The van der Waals surface area contributed by atoms with Crippen LogP contribution in [0, 0.1) is 0 Å². The van der Waals surface area contributed by atoms with Gasteiger partial charge in [-0.1, -0.05) is 70.5 Å². The van der Waals surface area contributed by atoms with Crippen LogP contribution >= 0.6 is 15.9 Å². The number of nitrogens with zero attached hydrogens (tertiary/aromatic N) is 1. The first-order chi connectivity index (χ1) is 15.1. The predicted octanol–water partition coefficient (Wildman–Crippen LogP) is 5.65. The lowest BCUT2D eigenvalue weighted by Gasteiger charge is -2.10. The molecule has 0 heterocycles. The van der Waals surface area contributed by atoms with Crippen molar-refractivity contribution in [3.05, 3.63) is 106 Å². The van der Waals surface area contributed by atoms with E-state index >= 15 is 0 Å². The molecule has 2 N–H and O–H groups in total. The SMILES string of the molecule is O=C(N/N=C/c1cc(Br)ccc1OCc1ccccc1)c1cc2ccccc2cc1O. The molecule has 0 saturated carbocycles. The van der Waals surface area contributed by atoms with Crippen LogP contribution in [0.2, 0.25) is 0 Å². The summed E-state index contributed by atoms with van der Waals surface area (Å²) in [5, 5.41) is 16.0. The summed E-state index contributed by atoms with van der Waals surface area (Å²) < 4.78 is 6.78. The van der Waals surface area contributed by atoms with Gasteiger partial charge in [0.05, 0.1) is 11.8 Å². The molecule has 154 valence electrons. The van der Waals surface area contributed by atoms with E-state index in [0.717, 1.165) is 20.8 Å². The molecule has 0 aliphatic rings. The van der Waals surface area contributed by atoms with Gasteiger partial charge < -0.3 is 9.84 Å². The topological polar surface area (TPSA) is 70.9 Å². The number of hydrogen-bond acceptors (Lipinski definition) is 4. The van der Waals surface area contributed by atoms with E-state index in [2.05, 4.69) is 26.5 Å². The molecule has 4 aromatic carbocycles. The van der Waals surface area contributed by atoms with Gasteiger partial charge in [0, 0.05) is 10.0 Å². The van der Waals surface area contributed by atoms with Gasteiger partial charge in [-0.15, -0.1) is 0 Å². The maximum absolute atomic E-state index is 12.5. The van der Waals surface area contributed by atoms with Gasteiger partial charge in [-0.25, -0.2) is 5.43 Å². The summed E-state index contributed by atoms with van der Waals surface area (Å²) in [6.45, 7) is 0.417. The molecule has 0 atom stereocenters. The van der Waals surface area contributed by atoms with Crippen LogP contribution in [-0.2, 0) is 6.61 Å². The molecule has 1 amide bonds. The van der Waals surface area contributed by atoms with Gasteiger partial charge in [0.15, 0.2) is 0 Å². The molecule has 0 fully saturated rings. The van der Waals surface area contributed by atoms with Gasteiger partial charge in [-0.2, -0.15) is 5.10 Å². The number of phenolic OH excluding ortho intramolecular Hbond substituents is 1. The Morgan fingerprint density at radius 3 is 2.45 bits per heavy atom. The maximum atomic E-state index is 12.5. The number of aromatic hydroxyl groups is 1. The molecule has 0 unspecified atom stereocenters. The highest BCUT2D eigenvalue weighted by molar-refractivity contribution is 9.10. The van der Waals surface area contributed by atoms with Gasteiger partial charge in [-0.3, -0.25) is 4.79 Å². The minimum absolute atomic E-state index is 0.0965. The Labute approximate surface area is 188 Å². The second-order valence-electron chi connectivity index (χ2n) is 6.87. The third-order valence-corrected chi connectivity index (χ3v) is 5.18. The fourth-order valence-corrected chi connectivity index (χ4v) is 3.50. The number of amides is 1. The van der Waals surface area contributed by atoms with Gasteiger partial charge >= 0.3 is 0 Å². The van der Waals surface area contributed by atoms with Crippen LogP contribution in [0.1, 0.15) is 21.5 Å². The van der Waals surface area contributed by atoms with E-state index in [0.29, 0.717) is 17.9 Å². The Bertz CT molecular complexity index is 1260. The third-order valence-electron chi connectivity index (χ3n) is 4.69. The van der Waals surface area contributed by atoms with E-state index in [1.807, 2.05) is 72.8 Å². The molecule has 6 heteroatoms. The predicted molar refractivity (Wildman–Crippen MR) is 126 cm³/mol. The summed E-state index contributed by atoms with van der Waals surface area (Å²) in [5.41, 5.74) is 4.38. The van der Waals surface area contributed by atoms with Crippen LogP contribution in [-0.4, -0.2) is 17.2 Å². The van der Waals surface area contributed by atoms with Crippen molar-refractivity contribution in [1.82, 2.24) is 5.43 Å². The number of benzene rings is 4. The minimum atomic E-state index is -0.499. The molecule has 4 aromatic rings. The number of carbonyl (C=O) groups is 1. The highest BCUT2D eigenvalue weighted by Gasteiger charge is 2.12. The fraction of sp³-hybridized carbons (Fsp3) is 0.0400. The summed E-state index contributed by atoms with van der Waals surface area (Å²) in [6.07, 6.45) is 1.51. The van der Waals surface area contributed by atoms with Crippen LogP contribution < -0.4 is 10.2 Å². The Morgan fingerprint density at radius 1 is 0.968 bits per heavy atom. The first-order valence-corrected chi connectivity index (χ1v) is 10.4. The van der Waals surface area contributed by atoms with Gasteiger partial charge in [0.2, 0.25) is 0 Å². The van der Waals surface area contributed by atoms with Crippen molar-refractivity contribution in [2.75, 3.05) is 0 Å². The van der Waals surface area contributed by atoms with Crippen molar-refractivity contribution in [1.29, 1.82) is 0 Å². The molecular weight excluding hydrogens is 456 g/mol. The number of hydrazone groups is 1. The van der Waals surface area contributed by atoms with E-state index < -0.39 is 5.91 Å². The quantitative estimate of drug-likeness (QED) is 0.280. The van der Waals surface area contributed by atoms with E-state index in [1.54, 1.807) is 12.1 Å². The zero-order valence-corrected chi connectivity index (χ0v) is 18.0. The second kappa shape index (κ2) is 9.45. The smallest absolute Gasteiger partial charge is 0.275 e. The second-order valence-corrected chi connectivity index (χ2v) is 7.79. The number of nitrogens with one attached hydrogen (secondary N) is 1. The van der Waals surface area contributed by atoms with Crippen molar-refractivity contribution in [3.63, 3.8) is 0 Å². The largest absolute Gasteiger partial charge is 0.507 e. The van der Waals surface area contributed by atoms with Gasteiger partial charge in [0.25, 0.3) is 5.91 Å². The monoisotopic (exact) mass is 474 g/mol. The third kappa shape index (κ3) is 5.10. The zero-order chi connectivity index (χ0) is 21.6. The number of halogens is 1. The lowest BCUT2D eigenvalue weighted by atomic mass is 10.1. The number of ether oxygens (including phenoxy) is 1. The molecule has 4 rings (SSSR count). The van der Waals surface area contributed by atoms with E-state index in [1.165, 1.54) is 6.21 Å². The van der Waals surface area contributed by atoms with Crippen LogP contribution in [0.15, 0.2) is 94.5 Å². The van der Waals surface area contributed by atoms with E-state index in [-0.39, 0.29) is 11.3 Å². The number of hydrogen-bond donors (Lipinski definition) is 2. The van der Waals surface area contributed by atoms with Crippen molar-refractivity contribution < 1.29 is 14.6 Å². The van der Waals surface area contributed by atoms with E-state index in [4.69, 9.17) is 4.74 Å². The molecule has 5 nitrogen and oxygen atoms in total. The molecule has 0 aromatic heterocycles. The highest BCUT2D eigenvalue weighted by atomic mass is 79.9. The summed E-state index contributed by atoms with van der Waals surface area (Å²) in [4.78, 5) is 12.5. The first kappa shape index (κ1) is 20.6. The molecule has 0 spiro atoms. The molecular formula is C25H19BrN2O3. The molecule has 0 bridgehead atoms. The van der Waals surface area contributed by atoms with Crippen molar-refractivity contribution in [3.8, 4) is 11.5 Å². The van der Waals surface area contributed by atoms with Crippen LogP contribution in [0.5, 0.6) is 11.5 Å². The Morgan fingerprint density at radius 2 is 1.68 bits per heavy atom. The summed E-state index contributed by atoms with van der Waals surface area (Å²) in [6, 6.07) is 26.1. The molecule has 0 radical (unpaired) electrons. The highest BCUT2D eigenvalue weighted by Crippen LogP contribution is 2.25. The van der Waals surface area contributed by atoms with Crippen LogP contribution in [0.25, 0.3) is 10.8 Å². The lowest BCUT2D eigenvalue weighted by molar-refractivity contribution is 0.0952. The van der Waals surface area contributed by atoms with E-state index in [9.17, 15) is 9.90 Å². The first-order valence-electron chi connectivity index (χ1n) is 9.61. The van der Waals surface area contributed by atoms with Crippen LogP contribution in [0.4, 0.5) is 0 Å². The number of phenols is 1. The average molecular weight is 475 g/mol.